The molecule has 3 aromatic rings. The number of aryl methyl sites for hydroxylation is 1. The monoisotopic (exact) mass is 282 g/mol. The van der Waals surface area contributed by atoms with Gasteiger partial charge in [0.1, 0.15) is 12.4 Å². The van der Waals surface area contributed by atoms with Gasteiger partial charge in [0.05, 0.1) is 11.7 Å². The zero-order valence-electron chi connectivity index (χ0n) is 11.4. The second-order valence-electron chi connectivity index (χ2n) is 4.64. The number of para-hydroxylation sites is 1. The summed E-state index contributed by atoms with van der Waals surface area (Å²) in [5.74, 6) is 6.51. The van der Waals surface area contributed by atoms with E-state index in [-0.39, 0.29) is 5.43 Å². The Bertz CT molecular complexity index is 857. The van der Waals surface area contributed by atoms with Crippen LogP contribution in [0.3, 0.4) is 0 Å². The molecular weight excluding hydrogens is 268 g/mol. The number of anilines is 1. The predicted octanol–water partition coefficient (Wildman–Crippen LogP) is 0.829. The lowest BCUT2D eigenvalue weighted by Crippen LogP contribution is -2.16. The first-order chi connectivity index (χ1) is 10.2. The summed E-state index contributed by atoms with van der Waals surface area (Å²) in [6.45, 7) is 2.22. The number of nitrogens with two attached hydrogens (primary N) is 1. The number of aromatic nitrogens is 4. The molecule has 106 valence electrons. The molecule has 1 aromatic carbocycles. The molecule has 0 unspecified atom stereocenters. The summed E-state index contributed by atoms with van der Waals surface area (Å²) in [4.78, 5) is 20.5. The summed E-state index contributed by atoms with van der Waals surface area (Å²) in [5.41, 5.74) is 3.96. The van der Waals surface area contributed by atoms with Crippen molar-refractivity contribution in [3.05, 3.63) is 58.3 Å². The molecule has 0 radical (unpaired) electrons. The average molecular weight is 282 g/mol. The average Bonchev–Trinajstić information content (AvgIpc) is 2.50. The minimum atomic E-state index is -0.101. The molecule has 7 heteroatoms. The van der Waals surface area contributed by atoms with Crippen molar-refractivity contribution in [2.45, 2.75) is 13.5 Å². The molecule has 0 saturated carbocycles. The van der Waals surface area contributed by atoms with Gasteiger partial charge < -0.3 is 5.43 Å². The molecule has 0 aliphatic rings. The highest BCUT2D eigenvalue weighted by atomic mass is 16.1. The van der Waals surface area contributed by atoms with Crippen LogP contribution in [0.5, 0.6) is 0 Å². The van der Waals surface area contributed by atoms with Gasteiger partial charge in [0.25, 0.3) is 0 Å². The smallest absolute Gasteiger partial charge is 0.207 e. The lowest BCUT2D eigenvalue weighted by atomic mass is 10.2. The first-order valence-electron chi connectivity index (χ1n) is 6.43. The zero-order valence-corrected chi connectivity index (χ0v) is 11.4. The fraction of sp³-hybridized carbons (Fsp3) is 0.143. The van der Waals surface area contributed by atoms with Gasteiger partial charge in [0, 0.05) is 17.1 Å². The summed E-state index contributed by atoms with van der Waals surface area (Å²) >= 11 is 0. The van der Waals surface area contributed by atoms with E-state index in [1.807, 2.05) is 25.1 Å². The Kier molecular flexibility index (Phi) is 3.33. The van der Waals surface area contributed by atoms with Gasteiger partial charge in [-0.1, -0.05) is 12.1 Å². The Morgan fingerprint density at radius 1 is 1.29 bits per heavy atom. The normalized spacial score (nSPS) is 10.8. The minimum absolute atomic E-state index is 0.101. The second kappa shape index (κ2) is 5.29. The zero-order chi connectivity index (χ0) is 14.8. The summed E-state index contributed by atoms with van der Waals surface area (Å²) in [6.07, 6.45) is 1.31. The van der Waals surface area contributed by atoms with E-state index in [4.69, 9.17) is 5.84 Å². The van der Waals surface area contributed by atoms with Crippen LogP contribution in [-0.4, -0.2) is 19.7 Å². The molecule has 3 rings (SSSR count). The van der Waals surface area contributed by atoms with Crippen LogP contribution in [-0.2, 0) is 6.54 Å². The molecule has 0 spiro atoms. The third kappa shape index (κ3) is 2.59. The third-order valence-electron chi connectivity index (χ3n) is 3.10. The van der Waals surface area contributed by atoms with Crippen molar-refractivity contribution in [2.75, 3.05) is 5.43 Å². The SMILES string of the molecule is Cc1cc(NN)nc(Cn2ncc(=O)c3ccccc32)n1. The van der Waals surface area contributed by atoms with Crippen LogP contribution in [0.15, 0.2) is 41.3 Å². The first-order valence-corrected chi connectivity index (χ1v) is 6.43. The van der Waals surface area contributed by atoms with Crippen molar-refractivity contribution >= 4 is 16.7 Å². The Balaban J connectivity index is 2.08. The topological polar surface area (TPSA) is 98.7 Å². The van der Waals surface area contributed by atoms with E-state index in [1.165, 1.54) is 6.20 Å². The van der Waals surface area contributed by atoms with E-state index in [9.17, 15) is 4.79 Å². The molecule has 2 heterocycles. The number of rotatable bonds is 3. The molecule has 2 aromatic heterocycles. The van der Waals surface area contributed by atoms with E-state index >= 15 is 0 Å². The lowest BCUT2D eigenvalue weighted by Gasteiger charge is -2.09. The van der Waals surface area contributed by atoms with Crippen molar-refractivity contribution in [3.63, 3.8) is 0 Å². The third-order valence-corrected chi connectivity index (χ3v) is 3.10. The summed E-state index contributed by atoms with van der Waals surface area (Å²) < 4.78 is 1.70. The van der Waals surface area contributed by atoms with E-state index in [1.54, 1.807) is 16.8 Å². The summed E-state index contributed by atoms with van der Waals surface area (Å²) in [6, 6.07) is 9.07. The van der Waals surface area contributed by atoms with Gasteiger partial charge in [0.15, 0.2) is 5.82 Å². The molecule has 3 N–H and O–H groups in total. The molecule has 0 saturated heterocycles. The van der Waals surface area contributed by atoms with E-state index in [0.717, 1.165) is 11.2 Å². The fourth-order valence-corrected chi connectivity index (χ4v) is 2.20. The minimum Gasteiger partial charge on any atom is -0.308 e. The number of nitrogens with zero attached hydrogens (tertiary/aromatic N) is 4. The summed E-state index contributed by atoms with van der Waals surface area (Å²) in [5, 5.41) is 4.78. The van der Waals surface area contributed by atoms with Crippen molar-refractivity contribution in [1.82, 2.24) is 19.7 Å². The highest BCUT2D eigenvalue weighted by Gasteiger charge is 2.07. The molecule has 0 aliphatic carbocycles. The molecular formula is C14H14N6O. The van der Waals surface area contributed by atoms with Gasteiger partial charge in [-0.05, 0) is 19.1 Å². The number of fused-ring (bicyclic) bond motifs is 1. The van der Waals surface area contributed by atoms with Gasteiger partial charge >= 0.3 is 0 Å². The van der Waals surface area contributed by atoms with Crippen LogP contribution < -0.4 is 16.7 Å². The summed E-state index contributed by atoms with van der Waals surface area (Å²) in [7, 11) is 0. The quantitative estimate of drug-likeness (QED) is 0.545. The number of hydrogen-bond acceptors (Lipinski definition) is 6. The maximum absolute atomic E-state index is 11.8. The van der Waals surface area contributed by atoms with E-state index in [2.05, 4.69) is 20.5 Å². The van der Waals surface area contributed by atoms with Gasteiger partial charge in [0.2, 0.25) is 5.43 Å². The van der Waals surface area contributed by atoms with Crippen LogP contribution in [0, 0.1) is 6.92 Å². The lowest BCUT2D eigenvalue weighted by molar-refractivity contribution is 0.661. The van der Waals surface area contributed by atoms with Gasteiger partial charge in [-0.2, -0.15) is 5.10 Å². The van der Waals surface area contributed by atoms with Gasteiger partial charge in [-0.25, -0.2) is 15.8 Å². The molecule has 0 amide bonds. The van der Waals surface area contributed by atoms with Gasteiger partial charge in [-0.3, -0.25) is 9.48 Å². The molecule has 0 aliphatic heterocycles. The van der Waals surface area contributed by atoms with Crippen LogP contribution in [0.4, 0.5) is 5.82 Å². The number of hydrazine groups is 1. The fourth-order valence-electron chi connectivity index (χ4n) is 2.20. The van der Waals surface area contributed by atoms with Crippen molar-refractivity contribution in [1.29, 1.82) is 0 Å². The molecule has 21 heavy (non-hydrogen) atoms. The molecule has 7 nitrogen and oxygen atoms in total. The number of benzene rings is 1. The Hall–Kier alpha value is -2.80. The highest BCUT2D eigenvalue weighted by molar-refractivity contribution is 5.77. The van der Waals surface area contributed by atoms with Crippen molar-refractivity contribution < 1.29 is 0 Å². The Morgan fingerprint density at radius 2 is 2.10 bits per heavy atom. The number of nitrogen functional groups attached to an aromatic ring is 1. The van der Waals surface area contributed by atoms with Crippen LogP contribution in [0.2, 0.25) is 0 Å². The van der Waals surface area contributed by atoms with Gasteiger partial charge in [-0.15, -0.1) is 0 Å². The molecule has 0 atom stereocenters. The maximum Gasteiger partial charge on any atom is 0.207 e. The van der Waals surface area contributed by atoms with Crippen molar-refractivity contribution in [2.24, 2.45) is 5.84 Å². The largest absolute Gasteiger partial charge is 0.308 e. The van der Waals surface area contributed by atoms with Crippen molar-refractivity contribution in [3.8, 4) is 0 Å². The predicted molar refractivity (Wildman–Crippen MR) is 79.7 cm³/mol. The van der Waals surface area contributed by atoms with E-state index < -0.39 is 0 Å². The Morgan fingerprint density at radius 3 is 2.90 bits per heavy atom. The first kappa shape index (κ1) is 13.2. The Labute approximate surface area is 120 Å². The number of hydrogen-bond donors (Lipinski definition) is 2. The maximum atomic E-state index is 11.8. The number of nitrogens with one attached hydrogen (secondary N) is 1. The molecule has 0 bridgehead atoms. The van der Waals surface area contributed by atoms with Crippen LogP contribution in [0.25, 0.3) is 10.9 Å². The highest BCUT2D eigenvalue weighted by Crippen LogP contribution is 2.10. The molecule has 0 fully saturated rings. The van der Waals surface area contributed by atoms with Crippen LogP contribution >= 0.6 is 0 Å². The van der Waals surface area contributed by atoms with E-state index in [0.29, 0.717) is 23.6 Å². The second-order valence-corrected chi connectivity index (χ2v) is 4.64. The standard InChI is InChI=1S/C14H14N6O/c1-9-6-13(19-15)18-14(17-9)8-20-11-5-3-2-4-10(11)12(21)7-16-20/h2-7H,8,15H2,1H3,(H,17,18,19). The van der Waals surface area contributed by atoms with Crippen LogP contribution in [0.1, 0.15) is 11.5 Å².